The first-order valence-electron chi connectivity index (χ1n) is 3.57. The van der Waals surface area contributed by atoms with Gasteiger partial charge in [-0.2, -0.15) is 0 Å². The van der Waals surface area contributed by atoms with Gasteiger partial charge in [-0.05, 0) is 25.7 Å². The largest absolute Gasteiger partial charge is 0.459 e. The third kappa shape index (κ3) is 1.87. The fourth-order valence-corrected chi connectivity index (χ4v) is 0.893. The summed E-state index contributed by atoms with van der Waals surface area (Å²) in [6, 6.07) is 0. The number of carbonyl (C=O) groups is 1. The predicted octanol–water partition coefficient (Wildman–Crippen LogP) is 1.51. The molecule has 0 aliphatic heterocycles. The van der Waals surface area contributed by atoms with Crippen LogP contribution in [-0.4, -0.2) is 12.1 Å². The van der Waals surface area contributed by atoms with Crippen LogP contribution in [0.5, 0.6) is 0 Å². The van der Waals surface area contributed by atoms with Gasteiger partial charge in [0.15, 0.2) is 0 Å². The maximum Gasteiger partial charge on any atom is 0.330 e. The first-order valence-corrected chi connectivity index (χ1v) is 3.57. The monoisotopic (exact) mass is 140 g/mol. The van der Waals surface area contributed by atoms with Crippen LogP contribution in [0.4, 0.5) is 0 Å². The zero-order valence-corrected chi connectivity index (χ0v) is 6.17. The van der Waals surface area contributed by atoms with Gasteiger partial charge < -0.3 is 4.74 Å². The van der Waals surface area contributed by atoms with Gasteiger partial charge in [0.1, 0.15) is 6.10 Å². The molecule has 0 radical (unpaired) electrons. The molecule has 1 rings (SSSR count). The first kappa shape index (κ1) is 7.32. The fourth-order valence-electron chi connectivity index (χ4n) is 0.893. The first-order chi connectivity index (χ1) is 4.74. The summed E-state index contributed by atoms with van der Waals surface area (Å²) in [7, 11) is 0. The predicted molar refractivity (Wildman–Crippen MR) is 38.5 cm³/mol. The van der Waals surface area contributed by atoms with E-state index in [-0.39, 0.29) is 12.1 Å². The number of ether oxygens (including phenoxy) is 1. The lowest BCUT2D eigenvalue weighted by molar-refractivity contribution is -0.143. The van der Waals surface area contributed by atoms with E-state index in [9.17, 15) is 4.79 Å². The van der Waals surface area contributed by atoms with Gasteiger partial charge in [0.2, 0.25) is 0 Å². The number of hydrogen-bond donors (Lipinski definition) is 0. The van der Waals surface area contributed by atoms with E-state index in [2.05, 4.69) is 6.58 Å². The van der Waals surface area contributed by atoms with Crippen molar-refractivity contribution in [2.45, 2.75) is 25.9 Å². The Labute approximate surface area is 60.9 Å². The molecule has 10 heavy (non-hydrogen) atoms. The molecule has 0 aromatic heterocycles. The average molecular weight is 140 g/mol. The topological polar surface area (TPSA) is 26.3 Å². The van der Waals surface area contributed by atoms with Gasteiger partial charge in [-0.1, -0.05) is 6.58 Å². The fraction of sp³-hybridized carbons (Fsp3) is 0.625. The summed E-state index contributed by atoms with van der Waals surface area (Å²) in [6.07, 6.45) is 3.70. The molecule has 0 spiro atoms. The molecule has 1 unspecified atom stereocenters. The minimum absolute atomic E-state index is 0.0884. The molecule has 0 amide bonds. The van der Waals surface area contributed by atoms with E-state index in [1.165, 1.54) is 18.9 Å². The Morgan fingerprint density at radius 3 is 2.80 bits per heavy atom. The number of hydrogen-bond acceptors (Lipinski definition) is 2. The molecule has 0 aromatic carbocycles. The molecule has 2 nitrogen and oxygen atoms in total. The molecule has 1 saturated carbocycles. The lowest BCUT2D eigenvalue weighted by Gasteiger charge is -2.08. The second kappa shape index (κ2) is 2.86. The van der Waals surface area contributed by atoms with Crippen LogP contribution >= 0.6 is 0 Å². The van der Waals surface area contributed by atoms with Crippen molar-refractivity contribution in [3.05, 3.63) is 12.7 Å². The van der Waals surface area contributed by atoms with Crippen molar-refractivity contribution in [1.82, 2.24) is 0 Å². The van der Waals surface area contributed by atoms with Crippen molar-refractivity contribution in [2.24, 2.45) is 5.92 Å². The third-order valence-corrected chi connectivity index (χ3v) is 1.75. The highest BCUT2D eigenvalue weighted by molar-refractivity contribution is 5.81. The van der Waals surface area contributed by atoms with Gasteiger partial charge in [0, 0.05) is 6.08 Å². The molecular formula is C8H12O2. The van der Waals surface area contributed by atoms with E-state index in [0.29, 0.717) is 5.92 Å². The Morgan fingerprint density at radius 1 is 1.80 bits per heavy atom. The number of rotatable bonds is 3. The Bertz CT molecular complexity index is 147. The van der Waals surface area contributed by atoms with E-state index >= 15 is 0 Å². The van der Waals surface area contributed by atoms with Crippen LogP contribution in [0.1, 0.15) is 19.8 Å². The van der Waals surface area contributed by atoms with Gasteiger partial charge in [0.05, 0.1) is 0 Å². The van der Waals surface area contributed by atoms with Gasteiger partial charge >= 0.3 is 5.97 Å². The molecule has 0 heterocycles. The average Bonchev–Trinajstić information content (AvgIpc) is 2.68. The van der Waals surface area contributed by atoms with Crippen molar-refractivity contribution in [2.75, 3.05) is 0 Å². The SMILES string of the molecule is C=CC(=O)OC(C)C1CC1. The van der Waals surface area contributed by atoms with Crippen LogP contribution in [-0.2, 0) is 9.53 Å². The second-order valence-corrected chi connectivity index (χ2v) is 2.68. The molecule has 2 heteroatoms. The van der Waals surface area contributed by atoms with E-state index < -0.39 is 0 Å². The summed E-state index contributed by atoms with van der Waals surface area (Å²) >= 11 is 0. The van der Waals surface area contributed by atoms with E-state index in [1.54, 1.807) is 0 Å². The van der Waals surface area contributed by atoms with E-state index in [4.69, 9.17) is 4.74 Å². The maximum absolute atomic E-state index is 10.6. The van der Waals surface area contributed by atoms with E-state index in [0.717, 1.165) is 0 Å². The Morgan fingerprint density at radius 2 is 2.40 bits per heavy atom. The van der Waals surface area contributed by atoms with Crippen LogP contribution < -0.4 is 0 Å². The lowest BCUT2D eigenvalue weighted by atomic mass is 10.3. The molecule has 1 aliphatic rings. The highest BCUT2D eigenvalue weighted by Gasteiger charge is 2.29. The van der Waals surface area contributed by atoms with Gasteiger partial charge in [0.25, 0.3) is 0 Å². The molecule has 56 valence electrons. The molecular weight excluding hydrogens is 128 g/mol. The van der Waals surface area contributed by atoms with Gasteiger partial charge in [-0.25, -0.2) is 4.79 Å². The molecule has 1 aliphatic carbocycles. The zero-order chi connectivity index (χ0) is 7.56. The standard InChI is InChI=1S/C8H12O2/c1-3-8(9)10-6(2)7-4-5-7/h3,6-7H,1,4-5H2,2H3. The number of carbonyl (C=O) groups excluding carboxylic acids is 1. The van der Waals surface area contributed by atoms with E-state index in [1.807, 2.05) is 6.92 Å². The van der Waals surface area contributed by atoms with Crippen LogP contribution in [0.3, 0.4) is 0 Å². The van der Waals surface area contributed by atoms with Crippen LogP contribution in [0.15, 0.2) is 12.7 Å². The van der Waals surface area contributed by atoms with Crippen molar-refractivity contribution in [1.29, 1.82) is 0 Å². The maximum atomic E-state index is 10.6. The molecule has 0 bridgehead atoms. The van der Waals surface area contributed by atoms with Gasteiger partial charge in [-0.15, -0.1) is 0 Å². The summed E-state index contributed by atoms with van der Waals surface area (Å²) in [6.45, 7) is 5.25. The quantitative estimate of drug-likeness (QED) is 0.439. The van der Waals surface area contributed by atoms with Crippen LogP contribution in [0, 0.1) is 5.92 Å². The summed E-state index contributed by atoms with van der Waals surface area (Å²) in [5, 5.41) is 0. The number of esters is 1. The molecule has 1 fully saturated rings. The Balaban J connectivity index is 2.22. The van der Waals surface area contributed by atoms with Crippen molar-refractivity contribution in [3.8, 4) is 0 Å². The second-order valence-electron chi connectivity index (χ2n) is 2.68. The Kier molecular flexibility index (Phi) is 2.10. The minimum Gasteiger partial charge on any atom is -0.459 e. The highest BCUT2D eigenvalue weighted by Crippen LogP contribution is 2.33. The molecule has 0 N–H and O–H groups in total. The minimum atomic E-state index is -0.306. The van der Waals surface area contributed by atoms with Crippen molar-refractivity contribution in [3.63, 3.8) is 0 Å². The Hall–Kier alpha value is -0.790. The zero-order valence-electron chi connectivity index (χ0n) is 6.17. The molecule has 1 atom stereocenters. The molecule has 0 aromatic rings. The summed E-state index contributed by atoms with van der Waals surface area (Å²) in [5.41, 5.74) is 0. The van der Waals surface area contributed by atoms with Gasteiger partial charge in [-0.3, -0.25) is 0 Å². The smallest absolute Gasteiger partial charge is 0.330 e. The lowest BCUT2D eigenvalue weighted by Crippen LogP contribution is -2.14. The van der Waals surface area contributed by atoms with Crippen molar-refractivity contribution >= 4 is 5.97 Å². The summed E-state index contributed by atoms with van der Waals surface area (Å²) in [4.78, 5) is 10.6. The normalized spacial score (nSPS) is 19.7. The van der Waals surface area contributed by atoms with Crippen LogP contribution in [0.2, 0.25) is 0 Å². The highest BCUT2D eigenvalue weighted by atomic mass is 16.5. The summed E-state index contributed by atoms with van der Waals surface area (Å²) in [5.74, 6) is 0.309. The van der Waals surface area contributed by atoms with Crippen molar-refractivity contribution < 1.29 is 9.53 Å². The van der Waals surface area contributed by atoms with Crippen LogP contribution in [0.25, 0.3) is 0 Å². The molecule has 0 saturated heterocycles. The third-order valence-electron chi connectivity index (χ3n) is 1.75. The summed E-state index contributed by atoms with van der Waals surface area (Å²) < 4.78 is 4.97.